The Kier molecular flexibility index (Phi) is 4.45. The summed E-state index contributed by atoms with van der Waals surface area (Å²) in [5.74, 6) is -1.63. The average molecular weight is 395 g/mol. The average Bonchev–Trinajstić information content (AvgIpc) is 3.42. The normalized spacial score (nSPS) is 17.1. The highest BCUT2D eigenvalue weighted by atomic mass is 19.4. The van der Waals surface area contributed by atoms with Crippen molar-refractivity contribution in [2.45, 2.75) is 18.7 Å². The number of hydrogen-bond acceptors (Lipinski definition) is 8. The van der Waals surface area contributed by atoms with Crippen LogP contribution in [0.25, 0.3) is 11.4 Å². The fourth-order valence-electron chi connectivity index (χ4n) is 2.70. The molecule has 3 aromatic heterocycles. The number of likely N-dealkylation sites (tertiary alicyclic amines) is 1. The fraction of sp³-hybridized carbons (Fsp3) is 0.312. The minimum atomic E-state index is -4.71. The van der Waals surface area contributed by atoms with Crippen LogP contribution >= 0.6 is 0 Å². The van der Waals surface area contributed by atoms with Gasteiger partial charge in [0.2, 0.25) is 11.7 Å². The van der Waals surface area contributed by atoms with Gasteiger partial charge in [-0.1, -0.05) is 10.3 Å². The number of pyridine rings is 1. The summed E-state index contributed by atoms with van der Waals surface area (Å²) in [5.41, 5.74) is 0.474. The van der Waals surface area contributed by atoms with E-state index in [1.165, 1.54) is 30.7 Å². The highest BCUT2D eigenvalue weighted by molar-refractivity contribution is 5.92. The molecule has 1 aliphatic rings. The van der Waals surface area contributed by atoms with Gasteiger partial charge in [-0.25, -0.2) is 4.98 Å². The van der Waals surface area contributed by atoms with Gasteiger partial charge >= 0.3 is 12.1 Å². The van der Waals surface area contributed by atoms with Crippen molar-refractivity contribution >= 4 is 5.91 Å². The highest BCUT2D eigenvalue weighted by Gasteiger charge is 2.38. The Morgan fingerprint density at radius 1 is 1.25 bits per heavy atom. The number of carbonyl (C=O) groups is 1. The molecule has 1 fully saturated rings. The van der Waals surface area contributed by atoms with Gasteiger partial charge in [-0.05, 0) is 6.07 Å². The van der Waals surface area contributed by atoms with Gasteiger partial charge in [-0.3, -0.25) is 4.79 Å². The number of aromatic nitrogens is 4. The fourth-order valence-corrected chi connectivity index (χ4v) is 2.70. The maximum Gasteiger partial charge on any atom is 0.471 e. The SMILES string of the molecule is O=C(c1ccon1)N1CC[C@@H](Oc2ccc(-c3noc(C(F)(F)F)n3)cn2)C1. The molecule has 1 atom stereocenters. The van der Waals surface area contributed by atoms with Crippen molar-refractivity contribution in [3.05, 3.63) is 42.2 Å². The van der Waals surface area contributed by atoms with Crippen LogP contribution in [0.3, 0.4) is 0 Å². The molecule has 1 aliphatic heterocycles. The minimum Gasteiger partial charge on any atom is -0.472 e. The molecule has 146 valence electrons. The van der Waals surface area contributed by atoms with Crippen molar-refractivity contribution in [2.24, 2.45) is 0 Å². The van der Waals surface area contributed by atoms with Crippen LogP contribution in [0.2, 0.25) is 0 Å². The standard InChI is InChI=1S/C16H12F3N5O4/c17-16(18,19)15-21-13(23-28-15)9-1-2-12(20-7-9)27-10-3-5-24(8-10)14(25)11-4-6-26-22-11/h1-2,4,6-7,10H,3,5,8H2/t10-/m1/s1. The molecule has 0 bridgehead atoms. The first-order valence-corrected chi connectivity index (χ1v) is 8.14. The first kappa shape index (κ1) is 17.9. The van der Waals surface area contributed by atoms with Crippen molar-refractivity contribution in [2.75, 3.05) is 13.1 Å². The monoisotopic (exact) mass is 395 g/mol. The van der Waals surface area contributed by atoms with Crippen LogP contribution in [0.4, 0.5) is 13.2 Å². The molecule has 3 aromatic rings. The predicted molar refractivity (Wildman–Crippen MR) is 84.0 cm³/mol. The Hall–Kier alpha value is -3.44. The first-order valence-electron chi connectivity index (χ1n) is 8.14. The zero-order valence-electron chi connectivity index (χ0n) is 14.1. The van der Waals surface area contributed by atoms with Gasteiger partial charge in [0.15, 0.2) is 5.69 Å². The maximum absolute atomic E-state index is 12.5. The number of amides is 1. The van der Waals surface area contributed by atoms with Gasteiger partial charge in [0.05, 0.1) is 6.54 Å². The summed E-state index contributed by atoms with van der Waals surface area (Å²) < 4.78 is 52.1. The summed E-state index contributed by atoms with van der Waals surface area (Å²) in [7, 11) is 0. The molecule has 4 rings (SSSR count). The zero-order valence-corrected chi connectivity index (χ0v) is 14.1. The number of ether oxygens (including phenoxy) is 1. The van der Waals surface area contributed by atoms with Crippen LogP contribution in [0.1, 0.15) is 22.8 Å². The molecule has 28 heavy (non-hydrogen) atoms. The number of halogens is 3. The lowest BCUT2D eigenvalue weighted by Crippen LogP contribution is -2.31. The van der Waals surface area contributed by atoms with Crippen molar-refractivity contribution in [1.82, 2.24) is 25.2 Å². The largest absolute Gasteiger partial charge is 0.472 e. The van der Waals surface area contributed by atoms with Crippen molar-refractivity contribution in [1.29, 1.82) is 0 Å². The molecule has 0 radical (unpaired) electrons. The molecule has 0 saturated carbocycles. The van der Waals surface area contributed by atoms with E-state index in [0.29, 0.717) is 19.5 Å². The minimum absolute atomic E-state index is 0.224. The Balaban J connectivity index is 1.37. The maximum atomic E-state index is 12.5. The third kappa shape index (κ3) is 3.66. The van der Waals surface area contributed by atoms with Crippen LogP contribution in [0.15, 0.2) is 39.7 Å². The molecule has 0 aromatic carbocycles. The topological polar surface area (TPSA) is 107 Å². The van der Waals surface area contributed by atoms with E-state index in [0.717, 1.165) is 0 Å². The Morgan fingerprint density at radius 3 is 2.75 bits per heavy atom. The number of rotatable bonds is 4. The molecule has 0 N–H and O–H groups in total. The second kappa shape index (κ2) is 6.94. The van der Waals surface area contributed by atoms with Gasteiger partial charge < -0.3 is 18.7 Å². The molecule has 9 nitrogen and oxygen atoms in total. The summed E-state index contributed by atoms with van der Waals surface area (Å²) in [6.07, 6.45) is -1.76. The van der Waals surface area contributed by atoms with E-state index in [2.05, 4.69) is 29.3 Å². The molecule has 4 heterocycles. The lowest BCUT2D eigenvalue weighted by Gasteiger charge is -2.15. The summed E-state index contributed by atoms with van der Waals surface area (Å²) in [6.45, 7) is 0.854. The zero-order chi connectivity index (χ0) is 19.7. The molecule has 0 spiro atoms. The van der Waals surface area contributed by atoms with E-state index >= 15 is 0 Å². The van der Waals surface area contributed by atoms with E-state index in [4.69, 9.17) is 4.74 Å². The highest BCUT2D eigenvalue weighted by Crippen LogP contribution is 2.29. The van der Waals surface area contributed by atoms with Crippen molar-refractivity contribution in [3.8, 4) is 17.3 Å². The smallest absolute Gasteiger partial charge is 0.471 e. The summed E-state index contributed by atoms with van der Waals surface area (Å²) >= 11 is 0. The third-order valence-corrected chi connectivity index (χ3v) is 4.04. The van der Waals surface area contributed by atoms with Gasteiger partial charge in [0.25, 0.3) is 5.91 Å². The van der Waals surface area contributed by atoms with E-state index < -0.39 is 12.1 Å². The summed E-state index contributed by atoms with van der Waals surface area (Å²) in [5, 5.41) is 6.91. The summed E-state index contributed by atoms with van der Waals surface area (Å²) in [6, 6.07) is 4.45. The molecule has 0 aliphatic carbocycles. The van der Waals surface area contributed by atoms with E-state index in [1.807, 2.05) is 0 Å². The van der Waals surface area contributed by atoms with E-state index in [-0.39, 0.29) is 35.0 Å². The van der Waals surface area contributed by atoms with Crippen LogP contribution in [0, 0.1) is 0 Å². The summed E-state index contributed by atoms with van der Waals surface area (Å²) in [4.78, 5) is 21.2. The van der Waals surface area contributed by atoms with Crippen LogP contribution in [0.5, 0.6) is 5.88 Å². The number of hydrogen-bond donors (Lipinski definition) is 0. The Morgan fingerprint density at radius 2 is 2.11 bits per heavy atom. The van der Waals surface area contributed by atoms with Crippen LogP contribution in [-0.2, 0) is 6.18 Å². The number of nitrogens with zero attached hydrogens (tertiary/aromatic N) is 5. The van der Waals surface area contributed by atoms with Crippen molar-refractivity contribution < 1.29 is 31.7 Å². The van der Waals surface area contributed by atoms with Crippen LogP contribution in [-0.4, -0.2) is 50.3 Å². The molecule has 1 amide bonds. The second-order valence-corrected chi connectivity index (χ2v) is 5.97. The van der Waals surface area contributed by atoms with Crippen LogP contribution < -0.4 is 4.74 Å². The molecule has 0 unspecified atom stereocenters. The molecular weight excluding hydrogens is 383 g/mol. The van der Waals surface area contributed by atoms with E-state index in [9.17, 15) is 18.0 Å². The van der Waals surface area contributed by atoms with Gasteiger partial charge in [0, 0.05) is 36.9 Å². The van der Waals surface area contributed by atoms with Gasteiger partial charge in [-0.15, -0.1) is 0 Å². The molecule has 1 saturated heterocycles. The van der Waals surface area contributed by atoms with Gasteiger partial charge in [-0.2, -0.15) is 18.2 Å². The lowest BCUT2D eigenvalue weighted by molar-refractivity contribution is -0.159. The van der Waals surface area contributed by atoms with Crippen molar-refractivity contribution in [3.63, 3.8) is 0 Å². The number of alkyl halides is 3. The number of carbonyl (C=O) groups excluding carboxylic acids is 1. The Bertz CT molecular complexity index is 956. The second-order valence-electron chi connectivity index (χ2n) is 5.97. The van der Waals surface area contributed by atoms with Gasteiger partial charge in [0.1, 0.15) is 12.4 Å². The third-order valence-electron chi connectivity index (χ3n) is 4.04. The molecule has 12 heteroatoms. The lowest BCUT2D eigenvalue weighted by atomic mass is 10.2. The predicted octanol–water partition coefficient (Wildman–Crippen LogP) is 2.43. The first-order chi connectivity index (χ1) is 13.4. The quantitative estimate of drug-likeness (QED) is 0.663. The van der Waals surface area contributed by atoms with E-state index in [1.54, 1.807) is 4.90 Å². The molecular formula is C16H12F3N5O4. The Labute approximate surface area is 155 Å².